The second-order valence-corrected chi connectivity index (χ2v) is 6.42. The van der Waals surface area contributed by atoms with Gasteiger partial charge in [-0.3, -0.25) is 4.79 Å². The molecule has 0 aliphatic rings. The minimum atomic E-state index is -0.657. The van der Waals surface area contributed by atoms with Crippen molar-refractivity contribution in [3.63, 3.8) is 0 Å². The lowest BCUT2D eigenvalue weighted by Gasteiger charge is -2.18. The third kappa shape index (κ3) is 5.44. The first-order valence-electron chi connectivity index (χ1n) is 8.09. The topological polar surface area (TPSA) is 56.8 Å². The van der Waals surface area contributed by atoms with E-state index in [1.165, 1.54) is 0 Å². The van der Waals surface area contributed by atoms with Gasteiger partial charge in [-0.05, 0) is 30.2 Å². The zero-order valence-electron chi connectivity index (χ0n) is 14.9. The molecule has 140 valence electrons. The minimum Gasteiger partial charge on any atom is -0.497 e. The van der Waals surface area contributed by atoms with Crippen LogP contribution in [-0.2, 0) is 11.3 Å². The average molecular weight is 399 g/mol. The summed E-state index contributed by atoms with van der Waals surface area (Å²) in [4.78, 5) is 12.5. The number of carbonyl (C=O) groups excluding carboxylic acids is 1. The summed E-state index contributed by atoms with van der Waals surface area (Å²) in [5.41, 5.74) is 0.859. The van der Waals surface area contributed by atoms with Crippen LogP contribution in [0.25, 0.3) is 0 Å². The summed E-state index contributed by atoms with van der Waals surface area (Å²) < 4.78 is 16.2. The van der Waals surface area contributed by atoms with E-state index in [0.717, 1.165) is 5.56 Å². The van der Waals surface area contributed by atoms with E-state index in [1.807, 2.05) is 19.1 Å². The van der Waals surface area contributed by atoms with Crippen LogP contribution in [-0.4, -0.2) is 26.2 Å². The number of nitrogens with one attached hydrogen (secondary N) is 1. The molecule has 0 aliphatic heterocycles. The second kappa shape index (κ2) is 9.55. The molecule has 0 spiro atoms. The summed E-state index contributed by atoms with van der Waals surface area (Å²) in [7, 11) is 3.16. The van der Waals surface area contributed by atoms with Gasteiger partial charge in [-0.15, -0.1) is 0 Å². The van der Waals surface area contributed by atoms with Crippen LogP contribution in [0.1, 0.15) is 18.9 Å². The number of benzene rings is 2. The Bertz CT molecular complexity index is 745. The Hall–Kier alpha value is -2.11. The van der Waals surface area contributed by atoms with Crippen LogP contribution in [0.4, 0.5) is 0 Å². The Morgan fingerprint density at radius 2 is 1.81 bits per heavy atom. The monoisotopic (exact) mass is 398 g/mol. The fourth-order valence-electron chi connectivity index (χ4n) is 2.32. The van der Waals surface area contributed by atoms with E-state index in [4.69, 9.17) is 37.4 Å². The molecule has 0 saturated carbocycles. The zero-order chi connectivity index (χ0) is 19.1. The van der Waals surface area contributed by atoms with Crippen LogP contribution in [0, 0.1) is 11.6 Å². The SMILES string of the molecule is CCC(Oc1ccc([ClH+])cc1Cl)C(=O)NCc1cc(OC)cc(OC)c1. The summed E-state index contributed by atoms with van der Waals surface area (Å²) in [6.07, 6.45) is -0.157. The third-order valence-corrected chi connectivity index (χ3v) is 4.26. The van der Waals surface area contributed by atoms with Crippen LogP contribution in [0.3, 0.4) is 0 Å². The number of halogens is 2. The summed E-state index contributed by atoms with van der Waals surface area (Å²) in [5, 5.41) is 3.87. The predicted octanol–water partition coefficient (Wildman–Crippen LogP) is 3.53. The molecule has 1 amide bonds. The van der Waals surface area contributed by atoms with Crippen molar-refractivity contribution in [1.29, 1.82) is 0 Å². The van der Waals surface area contributed by atoms with Gasteiger partial charge in [0.2, 0.25) is 5.02 Å². The van der Waals surface area contributed by atoms with Crippen molar-refractivity contribution < 1.29 is 30.6 Å². The Balaban J connectivity index is 2.03. The maximum Gasteiger partial charge on any atom is 0.261 e. The van der Waals surface area contributed by atoms with Gasteiger partial charge >= 0.3 is 0 Å². The van der Waals surface area contributed by atoms with E-state index in [0.29, 0.717) is 40.3 Å². The van der Waals surface area contributed by atoms with Crippen molar-refractivity contribution in [1.82, 2.24) is 5.32 Å². The predicted molar refractivity (Wildman–Crippen MR) is 98.1 cm³/mol. The van der Waals surface area contributed by atoms with Crippen LogP contribution in [0.5, 0.6) is 17.2 Å². The van der Waals surface area contributed by atoms with Crippen LogP contribution in [0.2, 0.25) is 10.0 Å². The quantitative estimate of drug-likeness (QED) is 0.738. The van der Waals surface area contributed by atoms with Gasteiger partial charge in [0.1, 0.15) is 17.2 Å². The van der Waals surface area contributed by atoms with E-state index in [9.17, 15) is 4.79 Å². The number of methoxy groups -OCH3 is 2. The van der Waals surface area contributed by atoms with Crippen molar-refractivity contribution in [3.8, 4) is 17.2 Å². The van der Waals surface area contributed by atoms with Crippen LogP contribution < -0.4 is 19.5 Å². The fraction of sp³-hybridized carbons (Fsp3) is 0.316. The lowest BCUT2D eigenvalue weighted by Crippen LogP contribution is -2.37. The minimum absolute atomic E-state index is 0.229. The van der Waals surface area contributed by atoms with E-state index in [1.54, 1.807) is 38.5 Å². The summed E-state index contributed by atoms with van der Waals surface area (Å²) >= 11 is 11.2. The lowest BCUT2D eigenvalue weighted by atomic mass is 10.2. The van der Waals surface area contributed by atoms with Crippen LogP contribution in [0.15, 0.2) is 36.4 Å². The molecule has 1 unspecified atom stereocenters. The molecule has 1 atom stereocenters. The largest absolute Gasteiger partial charge is 0.497 e. The van der Waals surface area contributed by atoms with Gasteiger partial charge in [0.15, 0.2) is 17.7 Å². The summed E-state index contributed by atoms with van der Waals surface area (Å²) in [5.74, 6) is 1.53. The van der Waals surface area contributed by atoms with Gasteiger partial charge in [-0.2, -0.15) is 0 Å². The smallest absolute Gasteiger partial charge is 0.261 e. The molecule has 26 heavy (non-hydrogen) atoms. The number of amides is 1. The Morgan fingerprint density at radius 3 is 2.35 bits per heavy atom. The summed E-state index contributed by atoms with van der Waals surface area (Å²) in [6.45, 7) is 2.19. The molecule has 2 aromatic carbocycles. The highest BCUT2D eigenvalue weighted by Gasteiger charge is 2.20. The average Bonchev–Trinajstić information content (AvgIpc) is 2.65. The molecule has 1 N–H and O–H groups in total. The van der Waals surface area contributed by atoms with Gasteiger partial charge in [0.05, 0.1) is 19.2 Å². The molecule has 7 heteroatoms. The molecular weight excluding hydrogens is 377 g/mol. The van der Waals surface area contributed by atoms with Gasteiger partial charge < -0.3 is 19.5 Å². The number of hydrogen-bond acceptors (Lipinski definition) is 4. The lowest BCUT2D eigenvalue weighted by molar-refractivity contribution is -0.288. The molecule has 5 nitrogen and oxygen atoms in total. The number of hydrogen-bond donors (Lipinski definition) is 1. The molecule has 0 heterocycles. The molecular formula is C19H22Cl2NO4+. The molecule has 2 aromatic rings. The second-order valence-electron chi connectivity index (χ2n) is 5.55. The first-order chi connectivity index (χ1) is 12.5. The Labute approximate surface area is 163 Å². The first-order valence-corrected chi connectivity index (χ1v) is 8.88. The molecule has 0 radical (unpaired) electrons. The summed E-state index contributed by atoms with van der Waals surface area (Å²) in [6, 6.07) is 10.5. The van der Waals surface area contributed by atoms with E-state index < -0.39 is 6.10 Å². The van der Waals surface area contributed by atoms with E-state index in [-0.39, 0.29) is 5.91 Å². The normalized spacial score (nSPS) is 11.6. The van der Waals surface area contributed by atoms with Crippen molar-refractivity contribution in [2.75, 3.05) is 14.2 Å². The molecule has 0 aliphatic carbocycles. The van der Waals surface area contributed by atoms with Gasteiger partial charge in [0, 0.05) is 24.7 Å². The van der Waals surface area contributed by atoms with E-state index in [2.05, 4.69) is 5.32 Å². The van der Waals surface area contributed by atoms with Crippen molar-refractivity contribution in [2.45, 2.75) is 26.0 Å². The number of rotatable bonds is 8. The van der Waals surface area contributed by atoms with Crippen molar-refractivity contribution >= 4 is 17.5 Å². The molecule has 0 saturated heterocycles. The number of ether oxygens (including phenoxy) is 3. The van der Waals surface area contributed by atoms with Gasteiger partial charge in [-0.1, -0.05) is 18.5 Å². The Kier molecular flexibility index (Phi) is 7.42. The highest BCUT2D eigenvalue weighted by Crippen LogP contribution is 2.27. The molecule has 0 bridgehead atoms. The maximum atomic E-state index is 12.5. The van der Waals surface area contributed by atoms with Crippen molar-refractivity contribution in [2.24, 2.45) is 0 Å². The third-order valence-electron chi connectivity index (χ3n) is 3.71. The standard InChI is InChI=1S/C19H21Cl2NO4/c1-4-17(26-18-6-5-13(20)9-16(18)21)19(23)22-11-12-7-14(24-2)10-15(8-12)25-3/h5-10,17,20H,4,11H2,1-3H3/p+1. The van der Waals surface area contributed by atoms with Crippen molar-refractivity contribution in [3.05, 3.63) is 52.0 Å². The fourth-order valence-corrected chi connectivity index (χ4v) is 2.80. The molecule has 0 aromatic heterocycles. The van der Waals surface area contributed by atoms with Gasteiger partial charge in [0.25, 0.3) is 5.91 Å². The molecule has 0 fully saturated rings. The highest BCUT2D eigenvalue weighted by atomic mass is 35.5. The maximum absolute atomic E-state index is 12.5. The first kappa shape index (κ1) is 20.2. The van der Waals surface area contributed by atoms with Gasteiger partial charge in [-0.25, -0.2) is 0 Å². The van der Waals surface area contributed by atoms with E-state index >= 15 is 0 Å². The highest BCUT2D eigenvalue weighted by molar-refractivity contribution is 6.32. The Morgan fingerprint density at radius 1 is 1.15 bits per heavy atom. The number of carbonyl (C=O) groups is 1. The van der Waals surface area contributed by atoms with Crippen LogP contribution >= 0.6 is 11.6 Å². The zero-order valence-corrected chi connectivity index (χ0v) is 16.4. The molecule has 2 rings (SSSR count).